The molecule has 0 aromatic heterocycles. The second-order valence-electron chi connectivity index (χ2n) is 5.28. The van der Waals surface area contributed by atoms with Crippen molar-refractivity contribution in [1.29, 1.82) is 0 Å². The van der Waals surface area contributed by atoms with Crippen LogP contribution in [-0.4, -0.2) is 51.9 Å². The Morgan fingerprint density at radius 1 is 1.15 bits per heavy atom. The molecular weight excluding hydrogens is 274 g/mol. The SMILES string of the molecule is Cc1ccc(S(=O)(=O)N(C)CCCN(C)C)cc1CN. The molecule has 0 unspecified atom stereocenters. The largest absolute Gasteiger partial charge is 0.326 e. The van der Waals surface area contributed by atoms with E-state index in [0.29, 0.717) is 18.0 Å². The van der Waals surface area contributed by atoms with Crippen LogP contribution in [0.2, 0.25) is 0 Å². The average molecular weight is 299 g/mol. The quantitative estimate of drug-likeness (QED) is 0.816. The molecule has 0 saturated carbocycles. The molecule has 6 heteroatoms. The van der Waals surface area contributed by atoms with Gasteiger partial charge in [0.25, 0.3) is 0 Å². The lowest BCUT2D eigenvalue weighted by Crippen LogP contribution is -2.30. The summed E-state index contributed by atoms with van der Waals surface area (Å²) in [6.07, 6.45) is 0.804. The van der Waals surface area contributed by atoms with Crippen molar-refractivity contribution in [2.45, 2.75) is 24.8 Å². The Hall–Kier alpha value is -0.950. The van der Waals surface area contributed by atoms with Gasteiger partial charge in [0.1, 0.15) is 0 Å². The van der Waals surface area contributed by atoms with Gasteiger partial charge in [-0.3, -0.25) is 0 Å². The molecule has 0 fully saturated rings. The van der Waals surface area contributed by atoms with Crippen LogP contribution in [0.1, 0.15) is 17.5 Å². The summed E-state index contributed by atoms with van der Waals surface area (Å²) < 4.78 is 26.3. The fraction of sp³-hybridized carbons (Fsp3) is 0.571. The number of sulfonamides is 1. The molecule has 20 heavy (non-hydrogen) atoms. The van der Waals surface area contributed by atoms with Crippen molar-refractivity contribution in [2.24, 2.45) is 5.73 Å². The minimum atomic E-state index is -3.43. The first-order chi connectivity index (χ1) is 9.28. The van der Waals surface area contributed by atoms with E-state index in [1.165, 1.54) is 4.31 Å². The van der Waals surface area contributed by atoms with Crippen LogP contribution in [0.3, 0.4) is 0 Å². The van der Waals surface area contributed by atoms with Crippen LogP contribution >= 0.6 is 0 Å². The Morgan fingerprint density at radius 3 is 2.35 bits per heavy atom. The molecule has 0 heterocycles. The first-order valence-corrected chi connectivity index (χ1v) is 8.13. The second-order valence-corrected chi connectivity index (χ2v) is 7.32. The van der Waals surface area contributed by atoms with Gasteiger partial charge in [0.15, 0.2) is 0 Å². The third-order valence-electron chi connectivity index (χ3n) is 3.33. The molecule has 0 radical (unpaired) electrons. The molecule has 114 valence electrons. The van der Waals surface area contributed by atoms with Crippen molar-refractivity contribution >= 4 is 10.0 Å². The molecule has 5 nitrogen and oxygen atoms in total. The van der Waals surface area contributed by atoms with Crippen LogP contribution in [0.5, 0.6) is 0 Å². The minimum Gasteiger partial charge on any atom is -0.326 e. The molecule has 0 aliphatic rings. The van der Waals surface area contributed by atoms with Crippen molar-refractivity contribution < 1.29 is 8.42 Å². The molecule has 1 aromatic carbocycles. The number of benzene rings is 1. The fourth-order valence-corrected chi connectivity index (χ4v) is 3.20. The van der Waals surface area contributed by atoms with Crippen molar-refractivity contribution in [2.75, 3.05) is 34.2 Å². The zero-order valence-electron chi connectivity index (χ0n) is 12.8. The highest BCUT2D eigenvalue weighted by Gasteiger charge is 2.20. The van der Waals surface area contributed by atoms with E-state index in [1.54, 1.807) is 19.2 Å². The second kappa shape index (κ2) is 7.17. The molecule has 0 atom stereocenters. The van der Waals surface area contributed by atoms with E-state index in [9.17, 15) is 8.42 Å². The Labute approximate surface area is 122 Å². The highest BCUT2D eigenvalue weighted by molar-refractivity contribution is 7.89. The molecule has 0 aliphatic carbocycles. The van der Waals surface area contributed by atoms with Gasteiger partial charge in [-0.15, -0.1) is 0 Å². The van der Waals surface area contributed by atoms with Crippen LogP contribution < -0.4 is 5.73 Å². The number of nitrogens with two attached hydrogens (primary N) is 1. The molecule has 0 spiro atoms. The van der Waals surface area contributed by atoms with Gasteiger partial charge in [0, 0.05) is 20.1 Å². The molecule has 0 bridgehead atoms. The Bertz CT molecular complexity index is 541. The van der Waals surface area contributed by atoms with Gasteiger partial charge in [-0.2, -0.15) is 0 Å². The summed E-state index contributed by atoms with van der Waals surface area (Å²) >= 11 is 0. The van der Waals surface area contributed by atoms with Crippen LogP contribution in [0, 0.1) is 6.92 Å². The fourth-order valence-electron chi connectivity index (χ4n) is 1.94. The zero-order valence-corrected chi connectivity index (χ0v) is 13.6. The monoisotopic (exact) mass is 299 g/mol. The highest BCUT2D eigenvalue weighted by Crippen LogP contribution is 2.18. The molecule has 0 aliphatic heterocycles. The van der Waals surface area contributed by atoms with Gasteiger partial charge in [-0.25, -0.2) is 12.7 Å². The van der Waals surface area contributed by atoms with Crippen molar-refractivity contribution in [3.63, 3.8) is 0 Å². The topological polar surface area (TPSA) is 66.6 Å². The lowest BCUT2D eigenvalue weighted by atomic mass is 10.1. The van der Waals surface area contributed by atoms with Crippen LogP contribution in [0.15, 0.2) is 23.1 Å². The summed E-state index contributed by atoms with van der Waals surface area (Å²) in [6, 6.07) is 5.13. The Morgan fingerprint density at radius 2 is 1.80 bits per heavy atom. The summed E-state index contributed by atoms with van der Waals surface area (Å²) in [5.41, 5.74) is 7.52. The van der Waals surface area contributed by atoms with Gasteiger partial charge < -0.3 is 10.6 Å². The lowest BCUT2D eigenvalue weighted by Gasteiger charge is -2.19. The van der Waals surface area contributed by atoms with Crippen LogP contribution in [0.4, 0.5) is 0 Å². The summed E-state index contributed by atoms with van der Waals surface area (Å²) in [7, 11) is 2.14. The molecule has 1 rings (SSSR count). The lowest BCUT2D eigenvalue weighted by molar-refractivity contribution is 0.370. The minimum absolute atomic E-state index is 0.316. The number of nitrogens with zero attached hydrogens (tertiary/aromatic N) is 2. The highest BCUT2D eigenvalue weighted by atomic mass is 32.2. The van der Waals surface area contributed by atoms with Crippen LogP contribution in [-0.2, 0) is 16.6 Å². The predicted octanol–water partition coefficient (Wildman–Crippen LogP) is 1.03. The third kappa shape index (κ3) is 4.28. The first kappa shape index (κ1) is 17.1. The number of hydrogen-bond donors (Lipinski definition) is 1. The van der Waals surface area contributed by atoms with E-state index in [0.717, 1.165) is 24.1 Å². The summed E-state index contributed by atoms with van der Waals surface area (Å²) in [5.74, 6) is 0. The van der Waals surface area contributed by atoms with Crippen molar-refractivity contribution in [1.82, 2.24) is 9.21 Å². The van der Waals surface area contributed by atoms with E-state index < -0.39 is 10.0 Å². The van der Waals surface area contributed by atoms with Gasteiger partial charge in [-0.1, -0.05) is 6.07 Å². The zero-order chi connectivity index (χ0) is 15.3. The Balaban J connectivity index is 2.87. The van der Waals surface area contributed by atoms with Crippen LogP contribution in [0.25, 0.3) is 0 Å². The van der Waals surface area contributed by atoms with E-state index in [-0.39, 0.29) is 0 Å². The van der Waals surface area contributed by atoms with Crippen molar-refractivity contribution in [3.05, 3.63) is 29.3 Å². The number of rotatable bonds is 7. The van der Waals surface area contributed by atoms with E-state index in [4.69, 9.17) is 5.73 Å². The van der Waals surface area contributed by atoms with Crippen molar-refractivity contribution in [3.8, 4) is 0 Å². The molecule has 1 aromatic rings. The van der Waals surface area contributed by atoms with E-state index in [1.807, 2.05) is 32.0 Å². The van der Waals surface area contributed by atoms with E-state index >= 15 is 0 Å². The van der Waals surface area contributed by atoms with Gasteiger partial charge in [0.2, 0.25) is 10.0 Å². The molecule has 2 N–H and O–H groups in total. The molecular formula is C14H25N3O2S. The summed E-state index contributed by atoms with van der Waals surface area (Å²) in [6.45, 7) is 3.65. The summed E-state index contributed by atoms with van der Waals surface area (Å²) in [4.78, 5) is 2.36. The van der Waals surface area contributed by atoms with Gasteiger partial charge in [0.05, 0.1) is 4.90 Å². The maximum absolute atomic E-state index is 12.5. The van der Waals surface area contributed by atoms with Gasteiger partial charge >= 0.3 is 0 Å². The first-order valence-electron chi connectivity index (χ1n) is 6.69. The average Bonchev–Trinajstić information content (AvgIpc) is 2.38. The van der Waals surface area contributed by atoms with Gasteiger partial charge in [-0.05, 0) is 57.2 Å². The summed E-state index contributed by atoms with van der Waals surface area (Å²) in [5, 5.41) is 0. The predicted molar refractivity (Wildman–Crippen MR) is 82.1 cm³/mol. The number of hydrogen-bond acceptors (Lipinski definition) is 4. The smallest absolute Gasteiger partial charge is 0.242 e. The molecule has 0 saturated heterocycles. The molecule has 0 amide bonds. The maximum atomic E-state index is 12.5. The Kier molecular flexibility index (Phi) is 6.13. The standard InChI is InChI=1S/C14H25N3O2S/c1-12-6-7-14(10-13(12)11-15)20(18,19)17(4)9-5-8-16(2)3/h6-7,10H,5,8-9,11,15H2,1-4H3. The number of aryl methyl sites for hydroxylation is 1. The maximum Gasteiger partial charge on any atom is 0.242 e. The third-order valence-corrected chi connectivity index (χ3v) is 5.18. The normalized spacial score (nSPS) is 12.3. The van der Waals surface area contributed by atoms with E-state index in [2.05, 4.69) is 0 Å².